The molecule has 0 unspecified atom stereocenters. The first-order chi connectivity index (χ1) is 10.4. The van der Waals surface area contributed by atoms with Crippen LogP contribution in [0.25, 0.3) is 0 Å². The van der Waals surface area contributed by atoms with Gasteiger partial charge in [0.1, 0.15) is 0 Å². The molecule has 0 spiro atoms. The van der Waals surface area contributed by atoms with Crippen LogP contribution >= 0.6 is 22.6 Å². The summed E-state index contributed by atoms with van der Waals surface area (Å²) in [4.78, 5) is 1.97. The molecule has 21 heavy (non-hydrogen) atoms. The van der Waals surface area contributed by atoms with Crippen molar-refractivity contribution in [3.05, 3.63) is 91.0 Å². The zero-order chi connectivity index (χ0) is 14.9. The van der Waals surface area contributed by atoms with Crippen molar-refractivity contribution in [3.63, 3.8) is 0 Å². The normalized spacial score (nSPS) is 9.86. The second-order valence-electron chi connectivity index (χ2n) is 4.34. The van der Waals surface area contributed by atoms with Gasteiger partial charge in [0, 0.05) is 0 Å². The van der Waals surface area contributed by atoms with Crippen LogP contribution in [-0.4, -0.2) is 19.6 Å². The average Bonchev–Trinajstić information content (AvgIpc) is 2.60. The molecule has 105 valence electrons. The van der Waals surface area contributed by atoms with E-state index in [1.807, 2.05) is 4.93 Å². The number of benzene rings is 3. The molecule has 0 saturated carbocycles. The molecule has 3 aromatic rings. The number of rotatable bonds is 3. The van der Waals surface area contributed by atoms with E-state index in [1.165, 1.54) is 13.1 Å². The van der Waals surface area contributed by atoms with Crippen molar-refractivity contribution in [2.24, 2.45) is 0 Å². The Balaban J connectivity index is 0.000000774. The van der Waals surface area contributed by atoms with E-state index in [-0.39, 0.29) is 0 Å². The number of hydrogen-bond donors (Lipinski definition) is 0. The van der Waals surface area contributed by atoms with E-state index in [4.69, 9.17) is 0 Å². The molecule has 0 amide bonds. The summed E-state index contributed by atoms with van der Waals surface area (Å²) >= 11 is 0.760. The zero-order valence-electron chi connectivity index (χ0n) is 12.0. The summed E-state index contributed by atoms with van der Waals surface area (Å²) < 4.78 is 4.44. The fraction of sp³-hybridized carbons (Fsp3) is 0.0526. The Labute approximate surface area is 145 Å². The van der Waals surface area contributed by atoms with Gasteiger partial charge in [-0.05, 0) is 4.93 Å². The molecule has 0 saturated heterocycles. The molecule has 0 fully saturated rings. The summed E-state index contributed by atoms with van der Waals surface area (Å²) in [6, 6.07) is 32.7. The molecule has 0 aromatic heterocycles. The standard InChI is InChI=1S/C18H15As.CH3I/c1-4-10-16(11-5-1)19(17-12-6-2-7-13-17)18-14-8-3-9-15-18;1-2/h1-15H;1H3/q+1;. The van der Waals surface area contributed by atoms with Crippen LogP contribution in [0, 0.1) is 0 Å². The molecule has 1 radical (unpaired) electrons. The molecular formula is C19H18AsI+. The SMILES string of the molecule is CI.c1ccc([As+](c2ccccc2)c2ccccc2)cc1. The Hall–Kier alpha value is -1.05. The monoisotopic (exact) mass is 448 g/mol. The first-order valence-corrected chi connectivity index (χ1v) is 11.8. The topological polar surface area (TPSA) is 0 Å². The third-order valence-electron chi connectivity index (χ3n) is 3.04. The third kappa shape index (κ3) is 4.46. The Kier molecular flexibility index (Phi) is 7.05. The van der Waals surface area contributed by atoms with Gasteiger partial charge in [-0.3, -0.25) is 0 Å². The van der Waals surface area contributed by atoms with Crippen LogP contribution in [0.4, 0.5) is 0 Å². The van der Waals surface area contributed by atoms with Crippen molar-refractivity contribution in [3.8, 4) is 0 Å². The van der Waals surface area contributed by atoms with Crippen LogP contribution < -0.4 is 13.1 Å². The minimum atomic E-state index is -1.39. The first-order valence-electron chi connectivity index (χ1n) is 6.78. The summed E-state index contributed by atoms with van der Waals surface area (Å²) in [5.74, 6) is 0. The molecule has 0 heterocycles. The Morgan fingerprint density at radius 1 is 0.476 bits per heavy atom. The second-order valence-corrected chi connectivity index (χ2v) is 9.00. The minimum absolute atomic E-state index is 1.39. The van der Waals surface area contributed by atoms with Crippen LogP contribution in [0.5, 0.6) is 0 Å². The van der Waals surface area contributed by atoms with Crippen molar-refractivity contribution in [1.82, 2.24) is 0 Å². The quantitative estimate of drug-likeness (QED) is 0.328. The van der Waals surface area contributed by atoms with Gasteiger partial charge in [-0.1, -0.05) is 22.6 Å². The maximum absolute atomic E-state index is 2.26. The molecule has 0 aliphatic heterocycles. The van der Waals surface area contributed by atoms with Gasteiger partial charge in [0.25, 0.3) is 0 Å². The van der Waals surface area contributed by atoms with E-state index in [1.54, 1.807) is 0 Å². The Bertz CT molecular complexity index is 530. The van der Waals surface area contributed by atoms with Gasteiger partial charge in [0.15, 0.2) is 0 Å². The Morgan fingerprint density at radius 2 is 0.714 bits per heavy atom. The number of halogens is 1. The predicted molar refractivity (Wildman–Crippen MR) is 104 cm³/mol. The molecule has 0 bridgehead atoms. The van der Waals surface area contributed by atoms with E-state index >= 15 is 0 Å². The molecule has 0 aliphatic carbocycles. The van der Waals surface area contributed by atoms with E-state index in [2.05, 4.69) is 114 Å². The van der Waals surface area contributed by atoms with E-state index in [0.717, 1.165) is 0 Å². The molecule has 3 aromatic carbocycles. The number of alkyl halides is 1. The third-order valence-corrected chi connectivity index (χ3v) is 8.17. The molecule has 2 heteroatoms. The zero-order valence-corrected chi connectivity index (χ0v) is 16.0. The maximum atomic E-state index is 2.26. The van der Waals surface area contributed by atoms with E-state index in [0.29, 0.717) is 0 Å². The summed E-state index contributed by atoms with van der Waals surface area (Å²) in [6.07, 6.45) is 0. The van der Waals surface area contributed by atoms with Crippen molar-refractivity contribution in [2.75, 3.05) is 4.93 Å². The van der Waals surface area contributed by atoms with Crippen molar-refractivity contribution < 1.29 is 0 Å². The summed E-state index contributed by atoms with van der Waals surface area (Å²) in [6.45, 7) is 0. The first kappa shape index (κ1) is 16.3. The van der Waals surface area contributed by atoms with Gasteiger partial charge < -0.3 is 0 Å². The molecule has 0 aliphatic rings. The van der Waals surface area contributed by atoms with Gasteiger partial charge in [-0.15, -0.1) is 0 Å². The summed E-state index contributed by atoms with van der Waals surface area (Å²) in [5, 5.41) is 0. The van der Waals surface area contributed by atoms with Gasteiger partial charge >= 0.3 is 119 Å². The second kappa shape index (κ2) is 9.07. The average molecular weight is 448 g/mol. The molecule has 0 nitrogen and oxygen atoms in total. The molecule has 0 N–H and O–H groups in total. The van der Waals surface area contributed by atoms with E-state index in [9.17, 15) is 0 Å². The van der Waals surface area contributed by atoms with Crippen LogP contribution in [0.3, 0.4) is 0 Å². The Morgan fingerprint density at radius 3 is 0.952 bits per heavy atom. The van der Waals surface area contributed by atoms with Crippen molar-refractivity contribution in [2.45, 2.75) is 0 Å². The van der Waals surface area contributed by atoms with Crippen LogP contribution in [-0.2, 0) is 0 Å². The molecule has 0 atom stereocenters. The summed E-state index contributed by atoms with van der Waals surface area (Å²) in [7, 11) is 0. The van der Waals surface area contributed by atoms with Crippen molar-refractivity contribution >= 4 is 50.3 Å². The van der Waals surface area contributed by atoms with Crippen molar-refractivity contribution in [1.29, 1.82) is 0 Å². The number of hydrogen-bond acceptors (Lipinski definition) is 0. The summed E-state index contributed by atoms with van der Waals surface area (Å²) in [5.41, 5.74) is 0. The fourth-order valence-electron chi connectivity index (χ4n) is 2.18. The predicted octanol–water partition coefficient (Wildman–Crippen LogP) is 3.25. The van der Waals surface area contributed by atoms with Gasteiger partial charge in [0.05, 0.1) is 0 Å². The van der Waals surface area contributed by atoms with Gasteiger partial charge in [-0.25, -0.2) is 0 Å². The van der Waals surface area contributed by atoms with E-state index < -0.39 is 14.7 Å². The molecule has 3 rings (SSSR count). The fourth-order valence-corrected chi connectivity index (χ4v) is 7.02. The van der Waals surface area contributed by atoms with Crippen LogP contribution in [0.1, 0.15) is 0 Å². The van der Waals surface area contributed by atoms with Gasteiger partial charge in [-0.2, -0.15) is 0 Å². The molecular weight excluding hydrogens is 430 g/mol. The van der Waals surface area contributed by atoms with Gasteiger partial charge in [0.2, 0.25) is 0 Å². The van der Waals surface area contributed by atoms with Crippen LogP contribution in [0.2, 0.25) is 0 Å². The van der Waals surface area contributed by atoms with Crippen LogP contribution in [0.15, 0.2) is 91.0 Å².